The Morgan fingerprint density at radius 2 is 1.09 bits per heavy atom. The zero-order valence-electron chi connectivity index (χ0n) is 6.96. The molecule has 0 aromatic rings. The molecule has 0 radical (unpaired) electrons. The van der Waals surface area contributed by atoms with Gasteiger partial charge in [-0.15, -0.1) is 0 Å². The number of hydrogen-bond donors (Lipinski definition) is 0. The maximum absolute atomic E-state index is 11.4. The fraction of sp³-hybridized carbons (Fsp3) is 0.750. The van der Waals surface area contributed by atoms with E-state index in [-0.39, 0.29) is 0 Å². The second kappa shape index (κ2) is 5.79. The van der Waals surface area contributed by atoms with Gasteiger partial charge in [-0.3, -0.25) is 0 Å². The predicted octanol–water partition coefficient (Wildman–Crippen LogP) is 2.16. The van der Waals surface area contributed by atoms with Crippen molar-refractivity contribution >= 4 is 0 Å². The molecule has 0 spiro atoms. The first kappa shape index (κ1) is 71.0. The van der Waals surface area contributed by atoms with Crippen LogP contribution in [0, 0.1) is 6.17 Å². The van der Waals surface area contributed by atoms with Crippen molar-refractivity contribution < 1.29 is 13.2 Å². The molecule has 0 unspecified atom stereocenters. The van der Waals surface area contributed by atoms with Crippen molar-refractivity contribution in [2.24, 2.45) is 0 Å². The van der Waals surface area contributed by atoms with Crippen LogP contribution in [0.3, 0.4) is 0 Å². The first-order chi connectivity index (χ1) is 2.94. The maximum atomic E-state index is 11.4. The summed E-state index contributed by atoms with van der Waals surface area (Å²) in [6.45, 7) is 1.27. The Labute approximate surface area is 40.3 Å². The summed E-state index contributed by atoms with van der Waals surface area (Å²) < 4.78 is 34.2. The molecule has 0 bridgehead atoms. The van der Waals surface area contributed by atoms with Gasteiger partial charge >= 0.3 is 0 Å². The summed E-state index contributed by atoms with van der Waals surface area (Å²) >= 11 is 0. The van der Waals surface area contributed by atoms with Gasteiger partial charge in [0.05, 0.1) is 0 Å². The van der Waals surface area contributed by atoms with Crippen molar-refractivity contribution in [3.8, 4) is 0 Å². The van der Waals surface area contributed by atoms with E-state index in [2.05, 4.69) is 0 Å². The molecule has 11 heavy (non-hydrogen) atoms. The third-order valence-electron chi connectivity index (χ3n) is 0.605. The van der Waals surface area contributed by atoms with Gasteiger partial charge < -0.3 is 4.39 Å². The zero-order valence-corrected chi connectivity index (χ0v) is 32.6. The van der Waals surface area contributed by atoms with E-state index >= 15 is 0 Å². The van der Waals surface area contributed by atoms with E-state index in [0.717, 1.165) is 6.92 Å². The van der Waals surface area contributed by atoms with Crippen LogP contribution >= 0.6 is 0 Å². The molecule has 0 saturated heterocycles. The van der Waals surface area contributed by atoms with E-state index in [1.54, 1.807) is 0 Å². The summed E-state index contributed by atoms with van der Waals surface area (Å²) in [6, 6.07) is 0. The molecule has 0 aromatic carbocycles. The Balaban J connectivity index is -0.0000000300. The van der Waals surface area contributed by atoms with E-state index in [9.17, 15) is 13.2 Å². The van der Waals surface area contributed by atoms with Gasteiger partial charge in [0.1, 0.15) is 0 Å². The minimum absolute atomic E-state index is 0. The molecule has 52 valence electrons. The van der Waals surface area contributed by atoms with Gasteiger partial charge in [0.15, 0.2) is 5.92 Å². The molecule has 0 rings (SSSR count). The number of rotatable bonds is 1. The molecule has 0 saturated carbocycles. The van der Waals surface area contributed by atoms with Crippen LogP contribution in [0.4, 0.5) is 13.2 Å². The van der Waals surface area contributed by atoms with Crippen LogP contribution in [0.5, 0.6) is 0 Å². The summed E-state index contributed by atoms with van der Waals surface area (Å²) in [6.07, 6.45) is -1.34. The van der Waals surface area contributed by atoms with Crippen LogP contribution in [0.25, 0.3) is 0 Å². The minimum atomic E-state index is -3.25. The molecule has 0 fully saturated rings. The van der Waals surface area contributed by atoms with Gasteiger partial charge in [-0.1, -0.05) is 6.17 Å². The van der Waals surface area contributed by atoms with Gasteiger partial charge in [0.25, 0.3) is 0 Å². The zero-order chi connectivity index (χ0) is 6.08. The summed E-state index contributed by atoms with van der Waals surface area (Å²) in [5.74, 6) is -3.25. The van der Waals surface area contributed by atoms with Gasteiger partial charge in [-0.05, 0) is 6.92 Å². The Bertz CT molecular complexity index is 62.8. The van der Waals surface area contributed by atoms with Crippen LogP contribution in [0.15, 0.2) is 0 Å². The van der Waals surface area contributed by atoms with E-state index in [4.69, 9.17) is 0 Å². The molecule has 0 aromatic heterocycles. The summed E-state index contributed by atoms with van der Waals surface area (Å²) in [7, 11) is 0. The Morgan fingerprint density at radius 3 is 1.09 bits per heavy atom. The van der Waals surface area contributed by atoms with E-state index in [0.29, 0.717) is 6.92 Å². The molecular weight excluding hydrogens is 1170 g/mol. The molecule has 0 N–H and O–H groups in total. The largest absolute Gasteiger partial charge is 0.450 e. The SMILES string of the molecule is C[C-](F)C(C)(F)F.[Rf].[Rf].[Rf].[Rf]. The van der Waals surface area contributed by atoms with Gasteiger partial charge in [0, 0.05) is 0 Å². The Kier molecular flexibility index (Phi) is 37.4. The van der Waals surface area contributed by atoms with E-state index in [1.165, 1.54) is 0 Å². The second-order valence-corrected chi connectivity index (χ2v) is 1.42. The van der Waals surface area contributed by atoms with Gasteiger partial charge in [-0.2, -0.15) is 6.92 Å². The predicted molar refractivity (Wildman–Crippen MR) is 20.6 cm³/mol. The Morgan fingerprint density at radius 1 is 1.00 bits per heavy atom. The third-order valence-corrected chi connectivity index (χ3v) is 0.605. The molecule has 0 nitrogen and oxygen atoms in total. The number of hydrogen-bond acceptors (Lipinski definition) is 0. The molecule has 0 amide bonds. The van der Waals surface area contributed by atoms with E-state index in [1.807, 2.05) is 0 Å². The number of alkyl halides is 2. The van der Waals surface area contributed by atoms with Crippen molar-refractivity contribution in [1.29, 1.82) is 0 Å². The quantitative estimate of drug-likeness (QED) is 0.354. The van der Waals surface area contributed by atoms with Crippen molar-refractivity contribution in [3.05, 3.63) is 6.17 Å². The maximum Gasteiger partial charge on any atom is 0.158 e. The normalized spacial score (nSPS) is 8.18. The van der Waals surface area contributed by atoms with Crippen LogP contribution in [0.2, 0.25) is 0 Å². The smallest absolute Gasteiger partial charge is 0.158 e. The molecule has 0 aliphatic heterocycles. The summed E-state index contributed by atoms with van der Waals surface area (Å²) in [4.78, 5) is 0. The fourth-order valence-corrected chi connectivity index (χ4v) is 0. The molecule has 0 aliphatic rings. The van der Waals surface area contributed by atoms with Crippen molar-refractivity contribution in [2.45, 2.75) is 19.8 Å². The average Bonchev–Trinajstić information content (AvgIpc) is 1.31. The van der Waals surface area contributed by atoms with Crippen molar-refractivity contribution in [3.63, 3.8) is 0 Å². The summed E-state index contributed by atoms with van der Waals surface area (Å²) in [5.41, 5.74) is 0. The molecule has 0 heterocycles. The standard InChI is InChI=1S/C4H6F3.4Rf/c1-3(5)4(2,6)7;;;;/h1-2H3;;;;/q-1;;;;. The van der Waals surface area contributed by atoms with Crippen LogP contribution in [-0.4, -0.2) is 5.92 Å². The first-order valence-electron chi connectivity index (χ1n) is 1.82. The van der Waals surface area contributed by atoms with E-state index < -0.39 is 12.1 Å². The van der Waals surface area contributed by atoms with Crippen LogP contribution < -0.4 is 0 Å². The summed E-state index contributed by atoms with van der Waals surface area (Å²) in [5, 5.41) is 0. The van der Waals surface area contributed by atoms with Crippen molar-refractivity contribution in [2.75, 3.05) is 0 Å². The molecule has 0 atom stereocenters. The van der Waals surface area contributed by atoms with Crippen LogP contribution in [0.1, 0.15) is 13.8 Å². The van der Waals surface area contributed by atoms with Gasteiger partial charge in [-0.25, -0.2) is 8.78 Å². The van der Waals surface area contributed by atoms with Gasteiger partial charge in [0.2, 0.25) is 0 Å². The topological polar surface area (TPSA) is 0 Å². The second-order valence-electron chi connectivity index (χ2n) is 1.42. The molecule has 7 heteroatoms. The minimum Gasteiger partial charge on any atom is -0.450 e. The Hall–Kier alpha value is -4.21. The third kappa shape index (κ3) is 26.0. The molecular formula is C4H6F3Rf4-. The monoisotopic (exact) mass is 1180 g/mol. The fourth-order valence-electron chi connectivity index (χ4n) is 0. The first-order valence-corrected chi connectivity index (χ1v) is 1.82. The average molecular weight is 1180 g/mol. The van der Waals surface area contributed by atoms with Crippen molar-refractivity contribution in [1.82, 2.24) is 0 Å². The van der Waals surface area contributed by atoms with Crippen LogP contribution in [-0.2, 0) is 0 Å². The number of halogens is 3. The molecule has 0 aliphatic carbocycles.